The standard InChI is InChI=1S/C22H16I2N2S2/c23-17(13-27-19-9-1-5-15-7-3-11-25-21(15)19)18(24)14-28-20-10-2-6-16-8-4-12-26-22(16)20/h1-12H,13-14H2/b18-17+. The average molecular weight is 626 g/mol. The van der Waals surface area contributed by atoms with E-state index < -0.39 is 0 Å². The third-order valence-electron chi connectivity index (χ3n) is 4.19. The molecular weight excluding hydrogens is 610 g/mol. The first-order valence-electron chi connectivity index (χ1n) is 8.68. The van der Waals surface area contributed by atoms with Crippen LogP contribution in [0.25, 0.3) is 21.8 Å². The van der Waals surface area contributed by atoms with Gasteiger partial charge in [0.05, 0.1) is 11.0 Å². The van der Waals surface area contributed by atoms with Crippen LogP contribution in [0.1, 0.15) is 0 Å². The summed E-state index contributed by atoms with van der Waals surface area (Å²) in [4.78, 5) is 11.6. The van der Waals surface area contributed by atoms with E-state index in [0.717, 1.165) is 22.5 Å². The number of thioether (sulfide) groups is 2. The highest BCUT2D eigenvalue weighted by molar-refractivity contribution is 14.1. The lowest BCUT2D eigenvalue weighted by Crippen LogP contribution is -1.89. The number of hydrogen-bond donors (Lipinski definition) is 0. The molecule has 0 bridgehead atoms. The fourth-order valence-electron chi connectivity index (χ4n) is 2.82. The Balaban J connectivity index is 1.45. The highest BCUT2D eigenvalue weighted by Crippen LogP contribution is 2.34. The lowest BCUT2D eigenvalue weighted by molar-refractivity contribution is 1.35. The van der Waals surface area contributed by atoms with Crippen molar-refractivity contribution in [3.63, 3.8) is 0 Å². The molecule has 0 atom stereocenters. The number of benzene rings is 2. The van der Waals surface area contributed by atoms with Gasteiger partial charge in [-0.25, -0.2) is 0 Å². The van der Waals surface area contributed by atoms with Crippen molar-refractivity contribution in [3.8, 4) is 0 Å². The van der Waals surface area contributed by atoms with E-state index in [2.05, 4.69) is 104 Å². The maximum Gasteiger partial charge on any atom is 0.0837 e. The molecule has 2 heterocycles. The summed E-state index contributed by atoms with van der Waals surface area (Å²) in [5.41, 5.74) is 2.18. The Labute approximate surface area is 200 Å². The molecule has 28 heavy (non-hydrogen) atoms. The Morgan fingerprint density at radius 3 is 1.54 bits per heavy atom. The fourth-order valence-corrected chi connectivity index (χ4v) is 6.53. The summed E-state index contributed by atoms with van der Waals surface area (Å²) in [5.74, 6) is 1.92. The summed E-state index contributed by atoms with van der Waals surface area (Å²) in [6.45, 7) is 0. The molecule has 0 aliphatic rings. The largest absolute Gasteiger partial charge is 0.255 e. The summed E-state index contributed by atoms with van der Waals surface area (Å²) in [7, 11) is 0. The number of pyridine rings is 2. The van der Waals surface area contributed by atoms with Gasteiger partial charge in [-0.05, 0) is 69.4 Å². The number of nitrogens with zero attached hydrogens (tertiary/aromatic N) is 2. The molecule has 0 unspecified atom stereocenters. The first-order valence-corrected chi connectivity index (χ1v) is 12.8. The van der Waals surface area contributed by atoms with E-state index >= 15 is 0 Å². The fraction of sp³-hybridized carbons (Fsp3) is 0.0909. The van der Waals surface area contributed by atoms with Gasteiger partial charge in [0.1, 0.15) is 0 Å². The summed E-state index contributed by atoms with van der Waals surface area (Å²) in [6, 6.07) is 21.0. The van der Waals surface area contributed by atoms with Crippen LogP contribution in [-0.4, -0.2) is 21.5 Å². The lowest BCUT2D eigenvalue weighted by Gasteiger charge is -2.08. The monoisotopic (exact) mass is 626 g/mol. The number of rotatable bonds is 6. The summed E-state index contributed by atoms with van der Waals surface area (Å²) in [6.07, 6.45) is 3.73. The molecule has 4 rings (SSSR count). The van der Waals surface area contributed by atoms with Gasteiger partial charge >= 0.3 is 0 Å². The molecule has 0 N–H and O–H groups in total. The second-order valence-corrected chi connectivity index (χ2v) is 10.7. The molecule has 4 aromatic rings. The zero-order chi connectivity index (χ0) is 19.3. The number of para-hydroxylation sites is 2. The van der Waals surface area contributed by atoms with Gasteiger partial charge in [0, 0.05) is 51.6 Å². The molecule has 0 radical (unpaired) electrons. The molecule has 0 amide bonds. The number of halogens is 2. The summed E-state index contributed by atoms with van der Waals surface area (Å²) < 4.78 is 2.77. The predicted molar refractivity (Wildman–Crippen MR) is 140 cm³/mol. The van der Waals surface area contributed by atoms with E-state index in [1.54, 1.807) is 0 Å². The van der Waals surface area contributed by atoms with Gasteiger partial charge in [0.25, 0.3) is 0 Å². The minimum absolute atomic E-state index is 0.961. The second-order valence-electron chi connectivity index (χ2n) is 6.05. The molecule has 2 nitrogen and oxygen atoms in total. The molecule has 140 valence electrons. The zero-order valence-corrected chi connectivity index (χ0v) is 20.8. The SMILES string of the molecule is I/C(CSc1cccc2cccnc12)=C(/I)CSc1cccc2cccnc12. The minimum atomic E-state index is 0.961. The van der Waals surface area contributed by atoms with E-state index in [0.29, 0.717) is 0 Å². The maximum atomic E-state index is 4.56. The Kier molecular flexibility index (Phi) is 7.13. The highest BCUT2D eigenvalue weighted by Gasteiger charge is 2.08. The van der Waals surface area contributed by atoms with Crippen LogP contribution in [0.2, 0.25) is 0 Å². The van der Waals surface area contributed by atoms with E-state index in [4.69, 9.17) is 0 Å². The second kappa shape index (κ2) is 9.77. The minimum Gasteiger partial charge on any atom is -0.255 e. The lowest BCUT2D eigenvalue weighted by atomic mass is 10.2. The van der Waals surface area contributed by atoms with Gasteiger partial charge in [-0.1, -0.05) is 36.4 Å². The van der Waals surface area contributed by atoms with Crippen LogP contribution < -0.4 is 0 Å². The van der Waals surface area contributed by atoms with Crippen molar-refractivity contribution in [3.05, 3.63) is 80.2 Å². The number of aromatic nitrogens is 2. The first kappa shape index (κ1) is 20.4. The predicted octanol–water partition coefficient (Wildman–Crippen LogP) is 7.75. The zero-order valence-electron chi connectivity index (χ0n) is 14.8. The van der Waals surface area contributed by atoms with Crippen molar-refractivity contribution in [2.24, 2.45) is 0 Å². The molecule has 0 saturated carbocycles. The molecule has 0 spiro atoms. The van der Waals surface area contributed by atoms with Gasteiger partial charge in [0.2, 0.25) is 0 Å². The van der Waals surface area contributed by atoms with Crippen LogP contribution >= 0.6 is 68.7 Å². The van der Waals surface area contributed by atoms with E-state index in [9.17, 15) is 0 Å². The van der Waals surface area contributed by atoms with Crippen LogP contribution in [0.15, 0.2) is 90.0 Å². The van der Waals surface area contributed by atoms with Crippen LogP contribution in [-0.2, 0) is 0 Å². The van der Waals surface area contributed by atoms with Gasteiger partial charge in [-0.2, -0.15) is 0 Å². The molecule has 0 aliphatic carbocycles. The quantitative estimate of drug-likeness (QED) is 0.162. The van der Waals surface area contributed by atoms with Crippen LogP contribution in [0, 0.1) is 0 Å². The summed E-state index contributed by atoms with van der Waals surface area (Å²) in [5, 5.41) is 2.39. The summed E-state index contributed by atoms with van der Waals surface area (Å²) >= 11 is 8.67. The van der Waals surface area contributed by atoms with Crippen molar-refractivity contribution in [2.45, 2.75) is 9.79 Å². The number of hydrogen-bond acceptors (Lipinski definition) is 4. The molecule has 2 aromatic heterocycles. The molecule has 0 aliphatic heterocycles. The van der Waals surface area contributed by atoms with E-state index in [1.807, 2.05) is 48.1 Å². The Morgan fingerprint density at radius 1 is 0.643 bits per heavy atom. The van der Waals surface area contributed by atoms with Crippen molar-refractivity contribution in [2.75, 3.05) is 11.5 Å². The first-order chi connectivity index (χ1) is 13.7. The van der Waals surface area contributed by atoms with Crippen LogP contribution in [0.3, 0.4) is 0 Å². The van der Waals surface area contributed by atoms with Gasteiger partial charge in [-0.3, -0.25) is 9.97 Å². The Hall–Kier alpha value is -0.840. The third-order valence-corrected chi connectivity index (χ3v) is 10.5. The normalized spacial score (nSPS) is 12.4. The highest BCUT2D eigenvalue weighted by atomic mass is 127. The van der Waals surface area contributed by atoms with E-state index in [-0.39, 0.29) is 0 Å². The Morgan fingerprint density at radius 2 is 1.07 bits per heavy atom. The molecule has 0 fully saturated rings. The molecular formula is C22H16I2N2S2. The maximum absolute atomic E-state index is 4.56. The Bertz CT molecular complexity index is 1060. The van der Waals surface area contributed by atoms with Crippen LogP contribution in [0.5, 0.6) is 0 Å². The van der Waals surface area contributed by atoms with Crippen molar-refractivity contribution in [1.29, 1.82) is 0 Å². The van der Waals surface area contributed by atoms with Gasteiger partial charge < -0.3 is 0 Å². The van der Waals surface area contributed by atoms with Gasteiger partial charge in [-0.15, -0.1) is 23.5 Å². The molecule has 6 heteroatoms. The topological polar surface area (TPSA) is 25.8 Å². The average Bonchev–Trinajstić information content (AvgIpc) is 2.75. The van der Waals surface area contributed by atoms with Gasteiger partial charge in [0.15, 0.2) is 0 Å². The third kappa shape index (κ3) is 4.83. The molecule has 0 saturated heterocycles. The van der Waals surface area contributed by atoms with E-state index in [1.165, 1.54) is 27.7 Å². The molecule has 2 aromatic carbocycles. The van der Waals surface area contributed by atoms with Crippen LogP contribution in [0.4, 0.5) is 0 Å². The number of fused-ring (bicyclic) bond motifs is 2. The van der Waals surface area contributed by atoms with Crippen molar-refractivity contribution >= 4 is 90.5 Å². The smallest absolute Gasteiger partial charge is 0.0837 e. The van der Waals surface area contributed by atoms with Crippen molar-refractivity contribution < 1.29 is 0 Å². The van der Waals surface area contributed by atoms with Crippen molar-refractivity contribution in [1.82, 2.24) is 9.97 Å².